The number of thioether (sulfide) groups is 1. The highest BCUT2D eigenvalue weighted by atomic mass is 32.2. The molecule has 1 aromatic rings. The third kappa shape index (κ3) is 6.20. The summed E-state index contributed by atoms with van der Waals surface area (Å²) >= 11 is 1.35. The van der Waals surface area contributed by atoms with Crippen LogP contribution >= 0.6 is 11.8 Å². The largest absolute Gasteiger partial charge is 0.469 e. The van der Waals surface area contributed by atoms with Crippen molar-refractivity contribution in [2.75, 3.05) is 44.5 Å². The van der Waals surface area contributed by atoms with Crippen molar-refractivity contribution in [3.05, 3.63) is 24.3 Å². The molecule has 1 aliphatic heterocycles. The minimum atomic E-state index is -3.55. The van der Waals surface area contributed by atoms with E-state index in [1.54, 1.807) is 19.1 Å². The lowest BCUT2D eigenvalue weighted by Gasteiger charge is -2.26. The van der Waals surface area contributed by atoms with Gasteiger partial charge in [-0.2, -0.15) is 4.31 Å². The van der Waals surface area contributed by atoms with Crippen LogP contribution in [0, 0.1) is 0 Å². The third-order valence-electron chi connectivity index (χ3n) is 4.00. The molecular weight excluding hydrogens is 392 g/mol. The van der Waals surface area contributed by atoms with Crippen LogP contribution in [-0.2, 0) is 29.1 Å². The number of rotatable bonds is 8. The normalized spacial score (nSPS) is 16.5. The van der Waals surface area contributed by atoms with Crippen molar-refractivity contribution in [1.29, 1.82) is 0 Å². The Morgan fingerprint density at radius 1 is 1.26 bits per heavy atom. The number of nitrogens with one attached hydrogen (secondary N) is 1. The number of esters is 1. The Morgan fingerprint density at radius 2 is 1.89 bits per heavy atom. The van der Waals surface area contributed by atoms with Gasteiger partial charge >= 0.3 is 5.97 Å². The maximum Gasteiger partial charge on any atom is 0.306 e. The van der Waals surface area contributed by atoms with Gasteiger partial charge in [0.1, 0.15) is 0 Å². The Morgan fingerprint density at radius 3 is 2.48 bits per heavy atom. The minimum Gasteiger partial charge on any atom is -0.469 e. The Bertz CT molecular complexity index is 745. The molecule has 1 fully saturated rings. The average molecular weight is 417 g/mol. The van der Waals surface area contributed by atoms with Crippen molar-refractivity contribution >= 4 is 39.3 Å². The van der Waals surface area contributed by atoms with Crippen LogP contribution in [0.1, 0.15) is 13.3 Å². The van der Waals surface area contributed by atoms with Gasteiger partial charge in [-0.1, -0.05) is 0 Å². The molecule has 0 bridgehead atoms. The van der Waals surface area contributed by atoms with Gasteiger partial charge in [0.2, 0.25) is 15.9 Å². The SMILES string of the molecule is COC(=O)CCS[C@@H](C)C(=O)Nc1ccc(S(=O)(=O)N2CCOCC2)cc1. The van der Waals surface area contributed by atoms with Gasteiger partial charge in [-0.15, -0.1) is 11.8 Å². The van der Waals surface area contributed by atoms with Gasteiger partial charge in [0.15, 0.2) is 0 Å². The summed E-state index contributed by atoms with van der Waals surface area (Å²) in [6.07, 6.45) is 0.243. The molecule has 8 nitrogen and oxygen atoms in total. The van der Waals surface area contributed by atoms with Crippen molar-refractivity contribution in [1.82, 2.24) is 4.31 Å². The summed E-state index contributed by atoms with van der Waals surface area (Å²) < 4.78 is 36.3. The first-order chi connectivity index (χ1) is 12.8. The molecule has 1 aliphatic rings. The van der Waals surface area contributed by atoms with E-state index in [0.29, 0.717) is 37.7 Å². The smallest absolute Gasteiger partial charge is 0.306 e. The number of methoxy groups -OCH3 is 1. The molecule has 10 heteroatoms. The molecule has 150 valence electrons. The lowest BCUT2D eigenvalue weighted by molar-refractivity contribution is -0.140. The monoisotopic (exact) mass is 416 g/mol. The maximum atomic E-state index is 12.6. The summed E-state index contributed by atoms with van der Waals surface area (Å²) in [5.41, 5.74) is 0.515. The third-order valence-corrected chi connectivity index (χ3v) is 7.07. The molecule has 1 aromatic carbocycles. The first-order valence-corrected chi connectivity index (χ1v) is 11.0. The number of amides is 1. The fraction of sp³-hybridized carbons (Fsp3) is 0.529. The summed E-state index contributed by atoms with van der Waals surface area (Å²) in [7, 11) is -2.23. The Balaban J connectivity index is 1.91. The number of morpholine rings is 1. The van der Waals surface area contributed by atoms with Crippen LogP contribution in [0.5, 0.6) is 0 Å². The number of benzene rings is 1. The number of ether oxygens (including phenoxy) is 2. The molecule has 0 saturated carbocycles. The number of hydrogen-bond acceptors (Lipinski definition) is 7. The molecule has 0 radical (unpaired) electrons. The highest BCUT2D eigenvalue weighted by Crippen LogP contribution is 2.20. The van der Waals surface area contributed by atoms with E-state index in [0.717, 1.165) is 0 Å². The molecular formula is C17H24N2O6S2. The summed E-state index contributed by atoms with van der Waals surface area (Å²) in [6, 6.07) is 6.10. The number of sulfonamides is 1. The molecule has 0 aliphatic carbocycles. The maximum absolute atomic E-state index is 12.6. The molecule has 1 N–H and O–H groups in total. The van der Waals surface area contributed by atoms with Gasteiger partial charge in [0.25, 0.3) is 0 Å². The molecule has 0 unspecified atom stereocenters. The lowest BCUT2D eigenvalue weighted by Crippen LogP contribution is -2.40. The highest BCUT2D eigenvalue weighted by Gasteiger charge is 2.26. The summed E-state index contributed by atoms with van der Waals surface area (Å²) in [5.74, 6) is -0.0429. The predicted molar refractivity (Wildman–Crippen MR) is 103 cm³/mol. The first-order valence-electron chi connectivity index (χ1n) is 8.52. The van der Waals surface area contributed by atoms with Gasteiger partial charge < -0.3 is 14.8 Å². The van der Waals surface area contributed by atoms with Crippen molar-refractivity contribution in [3.63, 3.8) is 0 Å². The van der Waals surface area contributed by atoms with Crippen molar-refractivity contribution in [2.45, 2.75) is 23.5 Å². The van der Waals surface area contributed by atoms with Gasteiger partial charge in [-0.25, -0.2) is 8.42 Å². The average Bonchev–Trinajstić information content (AvgIpc) is 2.68. The van der Waals surface area contributed by atoms with Crippen LogP contribution in [0.15, 0.2) is 29.2 Å². The standard InChI is InChI=1S/C17H24N2O6S2/c1-13(26-12-7-16(20)24-2)17(21)18-14-3-5-15(6-4-14)27(22,23)19-8-10-25-11-9-19/h3-6,13H,7-12H2,1-2H3,(H,18,21)/t13-/m0/s1. The van der Waals surface area contributed by atoms with Crippen LogP contribution < -0.4 is 5.32 Å². The fourth-order valence-corrected chi connectivity index (χ4v) is 4.64. The second-order valence-electron chi connectivity index (χ2n) is 5.87. The van der Waals surface area contributed by atoms with E-state index in [9.17, 15) is 18.0 Å². The molecule has 2 rings (SSSR count). The van der Waals surface area contributed by atoms with E-state index in [4.69, 9.17) is 4.74 Å². The number of nitrogens with zero attached hydrogens (tertiary/aromatic N) is 1. The second kappa shape index (κ2) is 10.1. The fourth-order valence-electron chi connectivity index (χ4n) is 2.39. The molecule has 1 amide bonds. The Hall–Kier alpha value is -1.62. The molecule has 0 aromatic heterocycles. The zero-order valence-electron chi connectivity index (χ0n) is 15.3. The Kier molecular flexibility index (Phi) is 8.08. The first kappa shape index (κ1) is 21.7. The van der Waals surface area contributed by atoms with Crippen molar-refractivity contribution < 1.29 is 27.5 Å². The van der Waals surface area contributed by atoms with Crippen LogP contribution in [-0.4, -0.2) is 69.0 Å². The summed E-state index contributed by atoms with van der Waals surface area (Å²) in [5, 5.41) is 2.39. The molecule has 1 heterocycles. The van der Waals surface area contributed by atoms with Crippen LogP contribution in [0.25, 0.3) is 0 Å². The minimum absolute atomic E-state index is 0.183. The van der Waals surface area contributed by atoms with Crippen molar-refractivity contribution in [3.8, 4) is 0 Å². The van der Waals surface area contributed by atoms with E-state index in [1.807, 2.05) is 0 Å². The van der Waals surface area contributed by atoms with E-state index < -0.39 is 10.0 Å². The van der Waals surface area contributed by atoms with Crippen LogP contribution in [0.3, 0.4) is 0 Å². The van der Waals surface area contributed by atoms with E-state index in [-0.39, 0.29) is 28.4 Å². The van der Waals surface area contributed by atoms with Crippen LogP contribution in [0.2, 0.25) is 0 Å². The van der Waals surface area contributed by atoms with Gasteiger partial charge in [0.05, 0.1) is 36.9 Å². The lowest BCUT2D eigenvalue weighted by atomic mass is 10.3. The van der Waals surface area contributed by atoms with Crippen LogP contribution in [0.4, 0.5) is 5.69 Å². The predicted octanol–water partition coefficient (Wildman–Crippen LogP) is 1.33. The Labute approximate surface area is 163 Å². The number of carbonyl (C=O) groups is 2. The van der Waals surface area contributed by atoms with Crippen molar-refractivity contribution in [2.24, 2.45) is 0 Å². The van der Waals surface area contributed by atoms with Gasteiger partial charge in [-0.3, -0.25) is 9.59 Å². The number of anilines is 1. The zero-order valence-corrected chi connectivity index (χ0v) is 17.0. The highest BCUT2D eigenvalue weighted by molar-refractivity contribution is 8.00. The summed E-state index contributed by atoms with van der Waals surface area (Å²) in [4.78, 5) is 23.5. The number of hydrogen-bond donors (Lipinski definition) is 1. The number of carbonyl (C=O) groups excluding carboxylic acids is 2. The molecule has 27 heavy (non-hydrogen) atoms. The quantitative estimate of drug-likeness (QED) is 0.638. The second-order valence-corrected chi connectivity index (χ2v) is 9.26. The van der Waals surface area contributed by atoms with Gasteiger partial charge in [-0.05, 0) is 31.2 Å². The molecule has 1 saturated heterocycles. The molecule has 1 atom stereocenters. The topological polar surface area (TPSA) is 102 Å². The van der Waals surface area contributed by atoms with E-state index in [2.05, 4.69) is 10.1 Å². The van der Waals surface area contributed by atoms with E-state index in [1.165, 1.54) is 35.3 Å². The molecule has 0 spiro atoms. The zero-order chi connectivity index (χ0) is 19.9. The van der Waals surface area contributed by atoms with Gasteiger partial charge in [0, 0.05) is 24.5 Å². The van der Waals surface area contributed by atoms with E-state index >= 15 is 0 Å². The summed E-state index contributed by atoms with van der Waals surface area (Å²) in [6.45, 7) is 3.19.